The number of carboxylic acids is 1. The summed E-state index contributed by atoms with van der Waals surface area (Å²) in [5.74, 6) is -1.07. The molecule has 0 bridgehead atoms. The molecule has 28 heavy (non-hydrogen) atoms. The number of aromatic carboxylic acids is 1. The molecule has 0 fully saturated rings. The van der Waals surface area contributed by atoms with Gasteiger partial charge in [0.25, 0.3) is 5.24 Å². The van der Waals surface area contributed by atoms with Crippen molar-refractivity contribution in [2.45, 2.75) is 0 Å². The van der Waals surface area contributed by atoms with Crippen LogP contribution >= 0.6 is 79.4 Å². The van der Waals surface area contributed by atoms with Crippen molar-refractivity contribution < 1.29 is 24.7 Å². The average molecular weight is 556 g/mol. The number of nitrogens with zero attached hydrogens (tertiary/aromatic N) is 2. The quantitative estimate of drug-likeness (QED) is 0.336. The van der Waals surface area contributed by atoms with E-state index in [0.29, 0.717) is 0 Å². The maximum Gasteiger partial charge on any atom is 0.337 e. The number of pyridine rings is 2. The molecule has 0 atom stereocenters. The van der Waals surface area contributed by atoms with Crippen LogP contribution in [0.1, 0.15) is 22.1 Å². The molecule has 2 rings (SSSR count). The van der Waals surface area contributed by atoms with Gasteiger partial charge in [-0.3, -0.25) is 9.18 Å². The van der Waals surface area contributed by atoms with Gasteiger partial charge in [0, 0.05) is 33.8 Å². The molecule has 2 aromatic heterocycles. The lowest BCUT2D eigenvalue weighted by molar-refractivity contribution is 0.0696. The maximum absolute atomic E-state index is 10.5. The summed E-state index contributed by atoms with van der Waals surface area (Å²) < 4.78 is 24.6. The molecule has 0 saturated heterocycles. The van der Waals surface area contributed by atoms with E-state index >= 15 is 0 Å². The highest BCUT2D eigenvalue weighted by molar-refractivity contribution is 8.26. The SMILES string of the molecule is O=C(Cl)c1cnc(Cl)c(Cl)c1.O=C(O)c1cnc(Cl)c(Cl)c1.O=S(Cl)Cl.[2H]CF. The van der Waals surface area contributed by atoms with Gasteiger partial charge in [0.05, 0.1) is 29.7 Å². The van der Waals surface area contributed by atoms with E-state index in [9.17, 15) is 14.0 Å². The zero-order chi connectivity index (χ0) is 23.1. The van der Waals surface area contributed by atoms with Gasteiger partial charge in [0.15, 0.2) is 0 Å². The molecule has 1 N–H and O–H groups in total. The Morgan fingerprint density at radius 3 is 1.64 bits per heavy atom. The minimum absolute atomic E-state index is 0.0272. The van der Waals surface area contributed by atoms with Crippen LogP contribution < -0.4 is 0 Å². The highest BCUT2D eigenvalue weighted by atomic mass is 36.0. The van der Waals surface area contributed by atoms with Gasteiger partial charge in [-0.1, -0.05) is 46.4 Å². The molecule has 156 valence electrons. The number of alkyl halides is 1. The maximum atomic E-state index is 10.5. The fraction of sp³-hybridized carbons (Fsp3) is 0.0769. The van der Waals surface area contributed by atoms with E-state index in [4.69, 9.17) is 68.7 Å². The van der Waals surface area contributed by atoms with Crippen molar-refractivity contribution in [2.24, 2.45) is 0 Å². The second-order valence-electron chi connectivity index (χ2n) is 3.76. The predicted octanol–water partition coefficient (Wildman–Crippen LogP) is 6.48. The van der Waals surface area contributed by atoms with Gasteiger partial charge in [-0.25, -0.2) is 19.0 Å². The first-order chi connectivity index (χ1) is 13.4. The first kappa shape index (κ1) is 27.5. The number of rotatable bonds is 2. The van der Waals surface area contributed by atoms with Gasteiger partial charge in [0.1, 0.15) is 10.3 Å². The zero-order valence-corrected chi connectivity index (χ0v) is 19.1. The number of carboxylic acid groups (broad SMARTS) is 1. The largest absolute Gasteiger partial charge is 0.478 e. The molecule has 6 nitrogen and oxygen atoms in total. The lowest BCUT2D eigenvalue weighted by Gasteiger charge is -1.95. The molecule has 0 saturated carbocycles. The van der Waals surface area contributed by atoms with Crippen LogP contribution in [0.15, 0.2) is 24.5 Å². The molecule has 0 spiro atoms. The third-order valence-electron chi connectivity index (χ3n) is 2.07. The number of halogens is 8. The highest BCUT2D eigenvalue weighted by Crippen LogP contribution is 2.20. The van der Waals surface area contributed by atoms with Gasteiger partial charge in [-0.15, -0.1) is 0 Å². The Hall–Kier alpha value is -0.450. The number of carbonyl (C=O) groups excluding carboxylic acids is 1. The van der Waals surface area contributed by atoms with Gasteiger partial charge < -0.3 is 5.11 Å². The molecule has 0 aliphatic heterocycles. The van der Waals surface area contributed by atoms with E-state index in [1.165, 1.54) is 18.3 Å². The summed E-state index contributed by atoms with van der Waals surface area (Å²) in [7, 11) is 6.36. The van der Waals surface area contributed by atoms with Crippen LogP contribution in [-0.2, 0) is 9.23 Å². The number of hydrogen-bond acceptors (Lipinski definition) is 5. The molecule has 2 aromatic rings. The van der Waals surface area contributed by atoms with Crippen molar-refractivity contribution in [3.63, 3.8) is 0 Å². The fourth-order valence-electron chi connectivity index (χ4n) is 1.07. The Kier molecular flexibility index (Phi) is 16.1. The van der Waals surface area contributed by atoms with Crippen LogP contribution in [0, 0.1) is 0 Å². The lowest BCUT2D eigenvalue weighted by atomic mass is 10.3. The smallest absolute Gasteiger partial charge is 0.337 e. The molecular formula is C13H8Cl7FN2O4S. The van der Waals surface area contributed by atoms with Crippen LogP contribution in [0.4, 0.5) is 4.39 Å². The van der Waals surface area contributed by atoms with Crippen LogP contribution in [0.3, 0.4) is 0 Å². The lowest BCUT2D eigenvalue weighted by Crippen LogP contribution is -1.96. The van der Waals surface area contributed by atoms with Crippen molar-refractivity contribution in [3.8, 4) is 0 Å². The molecule has 2 heterocycles. The first-order valence-corrected chi connectivity index (χ1v) is 10.7. The summed E-state index contributed by atoms with van der Waals surface area (Å²) in [6, 6.07) is 2.62. The summed E-state index contributed by atoms with van der Waals surface area (Å²) in [6.45, 7) is 0. The molecule has 0 aliphatic rings. The molecule has 0 aromatic carbocycles. The van der Waals surface area contributed by atoms with E-state index in [1.54, 1.807) is 0 Å². The van der Waals surface area contributed by atoms with Crippen LogP contribution in [0.25, 0.3) is 0 Å². The van der Waals surface area contributed by atoms with Gasteiger partial charge >= 0.3 is 5.97 Å². The Morgan fingerprint density at radius 1 is 1.04 bits per heavy atom. The summed E-state index contributed by atoms with van der Waals surface area (Å²) >= 11 is 27.1. The normalized spacial score (nSPS) is 9.54. The highest BCUT2D eigenvalue weighted by Gasteiger charge is 2.06. The minimum Gasteiger partial charge on any atom is -0.478 e. The predicted molar refractivity (Wildman–Crippen MR) is 113 cm³/mol. The van der Waals surface area contributed by atoms with E-state index in [0.717, 1.165) is 6.20 Å². The number of carbonyl (C=O) groups is 2. The first-order valence-electron chi connectivity index (χ1n) is 6.72. The molecule has 15 heteroatoms. The van der Waals surface area contributed by atoms with E-state index in [-0.39, 0.29) is 31.5 Å². The van der Waals surface area contributed by atoms with Gasteiger partial charge in [-0.05, 0) is 23.7 Å². The molecular weight excluding hydrogens is 547 g/mol. The second-order valence-corrected chi connectivity index (χ2v) is 8.15. The Morgan fingerprint density at radius 2 is 1.36 bits per heavy atom. The molecule has 0 unspecified atom stereocenters. The Balaban J connectivity index is 0. The van der Waals surface area contributed by atoms with Crippen molar-refractivity contribution in [2.75, 3.05) is 7.15 Å². The average Bonchev–Trinajstić information content (AvgIpc) is 2.60. The van der Waals surface area contributed by atoms with Gasteiger partial charge in [-0.2, -0.15) is 0 Å². The summed E-state index contributed by atoms with van der Waals surface area (Å²) in [5.41, 5.74) is 0.264. The number of hydrogen-bond donors (Lipinski definition) is 1. The second kappa shape index (κ2) is 16.4. The molecule has 0 amide bonds. The third kappa shape index (κ3) is 13.7. The van der Waals surface area contributed by atoms with Crippen LogP contribution in [-0.4, -0.2) is 37.6 Å². The Labute approximate surface area is 196 Å². The topological polar surface area (TPSA) is 97.2 Å². The number of aromatic nitrogens is 2. The monoisotopic (exact) mass is 553 g/mol. The standard InChI is InChI=1S/C6H2Cl3NO.C6H3Cl2NO2.CH3F.Cl2OS/c7-4-1-3(6(9)11)2-10-5(4)8;7-4-1-3(6(10)11)2-9-5(4)8;1-2;1-4(2)3/h1-2H;1-2H,(H,10,11);1H3;/i;;1D;. The van der Waals surface area contributed by atoms with Crippen molar-refractivity contribution in [3.05, 3.63) is 56.0 Å². The van der Waals surface area contributed by atoms with Crippen molar-refractivity contribution in [1.82, 2.24) is 9.97 Å². The van der Waals surface area contributed by atoms with Crippen LogP contribution in [0.5, 0.6) is 0 Å². The molecule has 0 aliphatic carbocycles. The minimum atomic E-state index is -1.67. The van der Waals surface area contributed by atoms with E-state index < -0.39 is 27.6 Å². The summed E-state index contributed by atoms with van der Waals surface area (Å²) in [4.78, 5) is 28.0. The summed E-state index contributed by atoms with van der Waals surface area (Å²) in [6.07, 6.45) is 2.42. The third-order valence-corrected chi connectivity index (χ3v) is 3.66. The zero-order valence-electron chi connectivity index (χ0n) is 14.0. The van der Waals surface area contributed by atoms with Crippen molar-refractivity contribution in [1.29, 1.82) is 0 Å². The van der Waals surface area contributed by atoms with E-state index in [1.807, 2.05) is 0 Å². The van der Waals surface area contributed by atoms with Crippen LogP contribution in [0.2, 0.25) is 20.4 Å². The van der Waals surface area contributed by atoms with E-state index in [2.05, 4.69) is 31.3 Å². The Bertz CT molecular complexity index is 785. The molecule has 0 radical (unpaired) electrons. The fourth-order valence-corrected chi connectivity index (χ4v) is 1.71. The van der Waals surface area contributed by atoms with Crippen molar-refractivity contribution >= 4 is 99.8 Å². The van der Waals surface area contributed by atoms with Gasteiger partial charge in [0.2, 0.25) is 9.23 Å². The summed E-state index contributed by atoms with van der Waals surface area (Å²) in [5, 5.41) is 8.49.